The zero-order chi connectivity index (χ0) is 14.6. The van der Waals surface area contributed by atoms with Crippen LogP contribution < -0.4 is 10.6 Å². The highest BCUT2D eigenvalue weighted by Gasteiger charge is 2.45. The molecule has 0 radical (unpaired) electrons. The van der Waals surface area contributed by atoms with E-state index in [1.54, 1.807) is 0 Å². The molecule has 3 nitrogen and oxygen atoms in total. The molecule has 1 heterocycles. The number of nitrogens with zero attached hydrogens (tertiary/aromatic N) is 1. The Morgan fingerprint density at radius 3 is 2.50 bits per heavy atom. The van der Waals surface area contributed by atoms with Crippen molar-refractivity contribution in [2.45, 2.75) is 51.2 Å². The molecule has 2 atom stereocenters. The van der Waals surface area contributed by atoms with E-state index in [-0.39, 0.29) is 11.1 Å². The Morgan fingerprint density at radius 1 is 1.25 bits per heavy atom. The second-order valence-electron chi connectivity index (χ2n) is 6.09. The van der Waals surface area contributed by atoms with E-state index in [9.17, 15) is 0 Å². The summed E-state index contributed by atoms with van der Waals surface area (Å²) >= 11 is 0. The third kappa shape index (κ3) is 2.84. The summed E-state index contributed by atoms with van der Waals surface area (Å²) in [6, 6.07) is 10.6. The highest BCUT2D eigenvalue weighted by atomic mass is 16.5. The predicted molar refractivity (Wildman–Crippen MR) is 85.1 cm³/mol. The molecule has 1 fully saturated rings. The van der Waals surface area contributed by atoms with Gasteiger partial charge in [0.05, 0.1) is 11.1 Å². The highest BCUT2D eigenvalue weighted by molar-refractivity contribution is 5.49. The smallest absolute Gasteiger partial charge is 0.0674 e. The van der Waals surface area contributed by atoms with Crippen LogP contribution in [0, 0.1) is 0 Å². The van der Waals surface area contributed by atoms with Crippen LogP contribution in [0.25, 0.3) is 0 Å². The second-order valence-corrected chi connectivity index (χ2v) is 6.09. The van der Waals surface area contributed by atoms with E-state index in [1.165, 1.54) is 5.69 Å². The van der Waals surface area contributed by atoms with Gasteiger partial charge in [0.15, 0.2) is 0 Å². The van der Waals surface area contributed by atoms with E-state index < -0.39 is 0 Å². The molecule has 1 aliphatic heterocycles. The van der Waals surface area contributed by atoms with E-state index >= 15 is 0 Å². The average Bonchev–Trinajstić information content (AvgIpc) is 2.49. The van der Waals surface area contributed by atoms with Crippen molar-refractivity contribution in [2.24, 2.45) is 5.73 Å². The molecule has 0 aromatic heterocycles. The van der Waals surface area contributed by atoms with E-state index in [4.69, 9.17) is 10.5 Å². The van der Waals surface area contributed by atoms with Gasteiger partial charge in [-0.15, -0.1) is 0 Å². The van der Waals surface area contributed by atoms with Crippen molar-refractivity contribution in [1.29, 1.82) is 0 Å². The maximum absolute atomic E-state index is 6.23. The zero-order valence-corrected chi connectivity index (χ0v) is 13.1. The van der Waals surface area contributed by atoms with Crippen LogP contribution >= 0.6 is 0 Å². The first kappa shape index (κ1) is 15.3. The molecule has 2 unspecified atom stereocenters. The summed E-state index contributed by atoms with van der Waals surface area (Å²) in [5.74, 6) is 0. The normalized spacial score (nSPS) is 30.2. The SMILES string of the molecule is CCN(c1ccccc1)C1(CN)CCOC(C)(CC)C1. The number of anilines is 1. The van der Waals surface area contributed by atoms with Crippen molar-refractivity contribution >= 4 is 5.69 Å². The number of benzene rings is 1. The lowest BCUT2D eigenvalue weighted by atomic mass is 9.77. The lowest BCUT2D eigenvalue weighted by Gasteiger charge is -2.52. The highest BCUT2D eigenvalue weighted by Crippen LogP contribution is 2.39. The topological polar surface area (TPSA) is 38.5 Å². The van der Waals surface area contributed by atoms with Crippen LogP contribution in [0.5, 0.6) is 0 Å². The first-order chi connectivity index (χ1) is 9.59. The fourth-order valence-corrected chi connectivity index (χ4v) is 3.46. The van der Waals surface area contributed by atoms with Crippen molar-refractivity contribution in [3.63, 3.8) is 0 Å². The van der Waals surface area contributed by atoms with Gasteiger partial charge in [0.2, 0.25) is 0 Å². The second kappa shape index (κ2) is 6.15. The van der Waals surface area contributed by atoms with Crippen LogP contribution in [0.15, 0.2) is 30.3 Å². The summed E-state index contributed by atoms with van der Waals surface area (Å²) in [7, 11) is 0. The van der Waals surface area contributed by atoms with Crippen LogP contribution in [0.4, 0.5) is 5.69 Å². The number of hydrogen-bond acceptors (Lipinski definition) is 3. The minimum atomic E-state index is -0.0557. The zero-order valence-electron chi connectivity index (χ0n) is 13.1. The molecule has 0 saturated carbocycles. The van der Waals surface area contributed by atoms with Gasteiger partial charge in [-0.3, -0.25) is 0 Å². The summed E-state index contributed by atoms with van der Waals surface area (Å²) in [5, 5.41) is 0. The van der Waals surface area contributed by atoms with Crippen LogP contribution in [-0.4, -0.2) is 30.8 Å². The number of hydrogen-bond donors (Lipinski definition) is 1. The lowest BCUT2D eigenvalue weighted by Crippen LogP contribution is -2.61. The third-order valence-electron chi connectivity index (χ3n) is 4.81. The number of para-hydroxylation sites is 1. The van der Waals surface area contributed by atoms with Crippen LogP contribution in [0.3, 0.4) is 0 Å². The Balaban J connectivity index is 2.33. The molecular weight excluding hydrogens is 248 g/mol. The first-order valence-electron chi connectivity index (χ1n) is 7.76. The van der Waals surface area contributed by atoms with Crippen LogP contribution in [-0.2, 0) is 4.74 Å². The number of nitrogens with two attached hydrogens (primary N) is 1. The summed E-state index contributed by atoms with van der Waals surface area (Å²) in [6.07, 6.45) is 3.03. The molecule has 1 saturated heterocycles. The molecule has 0 bridgehead atoms. The fourth-order valence-electron chi connectivity index (χ4n) is 3.46. The molecule has 2 N–H and O–H groups in total. The number of rotatable bonds is 5. The van der Waals surface area contributed by atoms with E-state index in [2.05, 4.69) is 56.0 Å². The van der Waals surface area contributed by atoms with Crippen molar-refractivity contribution in [3.8, 4) is 0 Å². The van der Waals surface area contributed by atoms with Crippen molar-refractivity contribution in [2.75, 3.05) is 24.6 Å². The Labute approximate surface area is 123 Å². The quantitative estimate of drug-likeness (QED) is 0.897. The van der Waals surface area contributed by atoms with Crippen molar-refractivity contribution in [3.05, 3.63) is 30.3 Å². The van der Waals surface area contributed by atoms with Gasteiger partial charge in [0, 0.05) is 31.8 Å². The molecule has 0 amide bonds. The summed E-state index contributed by atoms with van der Waals surface area (Å²) in [5.41, 5.74) is 7.45. The minimum absolute atomic E-state index is 0.0130. The van der Waals surface area contributed by atoms with Crippen molar-refractivity contribution < 1.29 is 4.74 Å². The van der Waals surface area contributed by atoms with Gasteiger partial charge >= 0.3 is 0 Å². The minimum Gasteiger partial charge on any atom is -0.375 e. The monoisotopic (exact) mass is 276 g/mol. The predicted octanol–water partition coefficient (Wildman–Crippen LogP) is 3.19. The molecule has 0 spiro atoms. The Bertz CT molecular complexity index is 422. The number of ether oxygens (including phenoxy) is 1. The lowest BCUT2D eigenvalue weighted by molar-refractivity contribution is -0.0934. The molecule has 1 aliphatic rings. The van der Waals surface area contributed by atoms with Gasteiger partial charge in [0.25, 0.3) is 0 Å². The fraction of sp³-hybridized carbons (Fsp3) is 0.647. The largest absolute Gasteiger partial charge is 0.375 e. The Kier molecular flexibility index (Phi) is 4.71. The van der Waals surface area contributed by atoms with E-state index in [1.807, 2.05) is 0 Å². The van der Waals surface area contributed by atoms with Gasteiger partial charge in [-0.25, -0.2) is 0 Å². The van der Waals surface area contributed by atoms with Gasteiger partial charge < -0.3 is 15.4 Å². The van der Waals surface area contributed by atoms with Crippen molar-refractivity contribution in [1.82, 2.24) is 0 Å². The first-order valence-corrected chi connectivity index (χ1v) is 7.76. The molecule has 3 heteroatoms. The van der Waals surface area contributed by atoms with Crippen LogP contribution in [0.2, 0.25) is 0 Å². The molecule has 1 aromatic rings. The molecule has 112 valence electrons. The van der Waals surface area contributed by atoms with Gasteiger partial charge in [0.1, 0.15) is 0 Å². The van der Waals surface area contributed by atoms with Gasteiger partial charge in [-0.2, -0.15) is 0 Å². The summed E-state index contributed by atoms with van der Waals surface area (Å²) in [4.78, 5) is 2.48. The number of likely N-dealkylation sites (N-methyl/N-ethyl adjacent to an activating group) is 1. The summed E-state index contributed by atoms with van der Waals surface area (Å²) < 4.78 is 6.02. The van der Waals surface area contributed by atoms with Crippen LogP contribution in [0.1, 0.15) is 40.0 Å². The molecule has 2 rings (SSSR count). The molecule has 20 heavy (non-hydrogen) atoms. The Hall–Kier alpha value is -1.06. The van der Waals surface area contributed by atoms with E-state index in [0.717, 1.165) is 32.4 Å². The average molecular weight is 276 g/mol. The third-order valence-corrected chi connectivity index (χ3v) is 4.81. The Morgan fingerprint density at radius 2 is 1.95 bits per heavy atom. The maximum atomic E-state index is 6.23. The molecular formula is C17H28N2O. The molecule has 1 aromatic carbocycles. The van der Waals surface area contributed by atoms with Gasteiger partial charge in [-0.05, 0) is 38.8 Å². The maximum Gasteiger partial charge on any atom is 0.0674 e. The molecule has 0 aliphatic carbocycles. The summed E-state index contributed by atoms with van der Waals surface area (Å²) in [6.45, 7) is 9.07. The van der Waals surface area contributed by atoms with E-state index in [0.29, 0.717) is 6.54 Å². The standard InChI is InChI=1S/C17H28N2O/c1-4-16(3)13-17(14-18,11-12-20-16)19(5-2)15-9-7-6-8-10-15/h6-10H,4-5,11-14,18H2,1-3H3. The van der Waals surface area contributed by atoms with Gasteiger partial charge in [-0.1, -0.05) is 25.1 Å².